The summed E-state index contributed by atoms with van der Waals surface area (Å²) in [5.74, 6) is -0.843. The zero-order valence-electron chi connectivity index (χ0n) is 20.5. The topological polar surface area (TPSA) is 74.7 Å². The number of esters is 2. The Morgan fingerprint density at radius 1 is 0.667 bits per heavy atom. The van der Waals surface area contributed by atoms with Crippen molar-refractivity contribution in [1.82, 2.24) is 4.98 Å². The summed E-state index contributed by atoms with van der Waals surface area (Å²) in [7, 11) is 1.51. The molecule has 6 nitrogen and oxygen atoms in total. The second-order valence-electron chi connectivity index (χ2n) is 7.82. The number of ether oxygens (including phenoxy) is 3. The third-order valence-electron chi connectivity index (χ3n) is 5.69. The van der Waals surface area contributed by atoms with Gasteiger partial charge in [0.2, 0.25) is 0 Å². The van der Waals surface area contributed by atoms with Gasteiger partial charge in [0.05, 0.1) is 25.9 Å². The molecule has 0 aliphatic carbocycles. The Bertz CT molecular complexity index is 1350. The van der Waals surface area contributed by atoms with Crippen LogP contribution in [0.25, 0.3) is 33.4 Å². The molecule has 6 heteroatoms. The molecule has 0 bridgehead atoms. The van der Waals surface area contributed by atoms with Crippen molar-refractivity contribution in [1.29, 1.82) is 0 Å². The van der Waals surface area contributed by atoms with Gasteiger partial charge in [0, 0.05) is 34.6 Å². The van der Waals surface area contributed by atoms with E-state index in [4.69, 9.17) is 14.2 Å². The van der Waals surface area contributed by atoms with E-state index >= 15 is 0 Å². The van der Waals surface area contributed by atoms with Gasteiger partial charge < -0.3 is 14.2 Å². The molecule has 4 aromatic rings. The molecule has 182 valence electrons. The number of rotatable bonds is 8. The fourth-order valence-corrected chi connectivity index (χ4v) is 4.31. The van der Waals surface area contributed by atoms with Crippen LogP contribution < -0.4 is 4.74 Å². The van der Waals surface area contributed by atoms with Crippen LogP contribution in [0.4, 0.5) is 0 Å². The van der Waals surface area contributed by atoms with E-state index < -0.39 is 11.9 Å². The number of nitrogens with zero attached hydrogens (tertiary/aromatic N) is 1. The highest BCUT2D eigenvalue weighted by Gasteiger charge is 2.34. The van der Waals surface area contributed by atoms with E-state index in [1.807, 2.05) is 66.7 Å². The number of hydrogen-bond donors (Lipinski definition) is 0. The minimum absolute atomic E-state index is 0.159. The van der Waals surface area contributed by atoms with Crippen molar-refractivity contribution in [3.8, 4) is 39.1 Å². The monoisotopic (exact) mass is 481 g/mol. The Morgan fingerprint density at radius 2 is 1.19 bits per heavy atom. The van der Waals surface area contributed by atoms with Crippen molar-refractivity contribution < 1.29 is 23.8 Å². The number of pyridine rings is 1. The van der Waals surface area contributed by atoms with Gasteiger partial charge in [0.25, 0.3) is 0 Å². The van der Waals surface area contributed by atoms with Crippen molar-refractivity contribution in [2.24, 2.45) is 0 Å². The molecule has 0 saturated heterocycles. The van der Waals surface area contributed by atoms with Gasteiger partial charge in [0.15, 0.2) is 0 Å². The first kappa shape index (κ1) is 24.7. The van der Waals surface area contributed by atoms with Gasteiger partial charge in [-0.1, -0.05) is 66.7 Å². The lowest BCUT2D eigenvalue weighted by atomic mass is 9.82. The number of benzene rings is 3. The molecule has 0 fully saturated rings. The zero-order chi connectivity index (χ0) is 25.5. The third kappa shape index (κ3) is 4.70. The maximum absolute atomic E-state index is 13.7. The second-order valence-corrected chi connectivity index (χ2v) is 7.82. The number of methoxy groups -OCH3 is 1. The molecule has 1 aromatic heterocycles. The van der Waals surface area contributed by atoms with E-state index in [2.05, 4.69) is 4.98 Å². The fraction of sp³-hybridized carbons (Fsp3) is 0.167. The average Bonchev–Trinajstić information content (AvgIpc) is 2.93. The summed E-state index contributed by atoms with van der Waals surface area (Å²) in [5.41, 5.74) is 4.08. The zero-order valence-corrected chi connectivity index (χ0v) is 20.5. The molecule has 4 rings (SSSR count). The van der Waals surface area contributed by atoms with Gasteiger partial charge in [-0.3, -0.25) is 4.98 Å². The molecule has 3 aromatic carbocycles. The van der Waals surface area contributed by atoms with Gasteiger partial charge in [-0.2, -0.15) is 0 Å². The number of hydrogen-bond acceptors (Lipinski definition) is 6. The van der Waals surface area contributed by atoms with Crippen molar-refractivity contribution >= 4 is 11.9 Å². The normalized spacial score (nSPS) is 10.5. The van der Waals surface area contributed by atoms with Crippen LogP contribution in [-0.4, -0.2) is 37.2 Å². The first-order valence-corrected chi connectivity index (χ1v) is 11.8. The SMILES string of the molecule is CCOC(=O)c1c(OC)c(-c2cccnc2)c(-c2ccccc2)c(C(=O)OCC)c1-c1ccccc1. The van der Waals surface area contributed by atoms with Crippen LogP contribution in [0.3, 0.4) is 0 Å². The van der Waals surface area contributed by atoms with Crippen LogP contribution in [0.1, 0.15) is 34.6 Å². The summed E-state index contributed by atoms with van der Waals surface area (Å²) >= 11 is 0. The molecular formula is C30H27NO5. The van der Waals surface area contributed by atoms with Crippen LogP contribution in [0, 0.1) is 0 Å². The van der Waals surface area contributed by atoms with Gasteiger partial charge in [-0.25, -0.2) is 9.59 Å². The summed E-state index contributed by atoms with van der Waals surface area (Å²) in [6.45, 7) is 3.82. The number of carbonyl (C=O) groups excluding carboxylic acids is 2. The lowest BCUT2D eigenvalue weighted by molar-refractivity contribution is 0.0524. The molecule has 0 N–H and O–H groups in total. The lowest BCUT2D eigenvalue weighted by Gasteiger charge is -2.25. The lowest BCUT2D eigenvalue weighted by Crippen LogP contribution is -2.17. The minimum atomic E-state index is -0.594. The minimum Gasteiger partial charge on any atom is -0.495 e. The maximum Gasteiger partial charge on any atom is 0.342 e. The largest absolute Gasteiger partial charge is 0.495 e. The van der Waals surface area contributed by atoms with E-state index in [-0.39, 0.29) is 24.3 Å². The van der Waals surface area contributed by atoms with Crippen molar-refractivity contribution in [3.05, 3.63) is 96.3 Å². The van der Waals surface area contributed by atoms with Gasteiger partial charge in [-0.15, -0.1) is 0 Å². The van der Waals surface area contributed by atoms with Crippen LogP contribution in [0.15, 0.2) is 85.2 Å². The standard InChI is InChI=1S/C30H27NO5/c1-4-35-29(32)26-23(20-13-8-6-9-14-20)25(22-17-12-18-31-19-22)28(34-3)27(30(33)36-5-2)24(26)21-15-10-7-11-16-21/h6-19H,4-5H2,1-3H3. The summed E-state index contributed by atoms with van der Waals surface area (Å²) in [5, 5.41) is 0. The molecule has 36 heavy (non-hydrogen) atoms. The second kappa shape index (κ2) is 11.3. The van der Waals surface area contributed by atoms with Crippen molar-refractivity contribution in [2.45, 2.75) is 13.8 Å². The van der Waals surface area contributed by atoms with Crippen molar-refractivity contribution in [2.75, 3.05) is 20.3 Å². The summed E-state index contributed by atoms with van der Waals surface area (Å²) in [6.07, 6.45) is 3.34. The highest BCUT2D eigenvalue weighted by molar-refractivity contribution is 6.16. The quantitative estimate of drug-likeness (QED) is 0.270. The molecule has 0 amide bonds. The summed E-state index contributed by atoms with van der Waals surface area (Å²) < 4.78 is 17.0. The molecule has 0 atom stereocenters. The van der Waals surface area contributed by atoms with Gasteiger partial charge in [-0.05, 0) is 31.0 Å². The molecule has 0 saturated carbocycles. The number of carbonyl (C=O) groups is 2. The van der Waals surface area contributed by atoms with E-state index in [0.717, 1.165) is 5.56 Å². The third-order valence-corrected chi connectivity index (χ3v) is 5.69. The fourth-order valence-electron chi connectivity index (χ4n) is 4.31. The maximum atomic E-state index is 13.7. The van der Waals surface area contributed by atoms with Gasteiger partial charge in [0.1, 0.15) is 11.3 Å². The van der Waals surface area contributed by atoms with E-state index in [1.165, 1.54) is 7.11 Å². The van der Waals surface area contributed by atoms with Crippen molar-refractivity contribution in [3.63, 3.8) is 0 Å². The Labute approximate surface area is 210 Å². The smallest absolute Gasteiger partial charge is 0.342 e. The highest BCUT2D eigenvalue weighted by Crippen LogP contribution is 2.49. The average molecular weight is 482 g/mol. The first-order valence-electron chi connectivity index (χ1n) is 11.8. The molecular weight excluding hydrogens is 454 g/mol. The van der Waals surface area contributed by atoms with E-state index in [9.17, 15) is 9.59 Å². The summed E-state index contributed by atoms with van der Waals surface area (Å²) in [4.78, 5) is 31.5. The van der Waals surface area contributed by atoms with Gasteiger partial charge >= 0.3 is 11.9 Å². The molecule has 0 unspecified atom stereocenters. The first-order chi connectivity index (χ1) is 17.6. The molecule has 1 heterocycles. The van der Waals surface area contributed by atoms with Crippen LogP contribution in [0.5, 0.6) is 5.75 Å². The Hall–Kier alpha value is -4.45. The highest BCUT2D eigenvalue weighted by atomic mass is 16.5. The van der Waals surface area contributed by atoms with Crippen LogP contribution in [0.2, 0.25) is 0 Å². The molecule has 0 aliphatic rings. The predicted molar refractivity (Wildman–Crippen MR) is 139 cm³/mol. The van der Waals surface area contributed by atoms with E-state index in [1.54, 1.807) is 32.3 Å². The van der Waals surface area contributed by atoms with Crippen LogP contribution in [-0.2, 0) is 9.47 Å². The predicted octanol–water partition coefficient (Wildman–Crippen LogP) is 6.44. The number of aromatic nitrogens is 1. The Balaban J connectivity index is 2.30. The Morgan fingerprint density at radius 3 is 1.69 bits per heavy atom. The molecule has 0 spiro atoms. The molecule has 0 aliphatic heterocycles. The molecule has 0 radical (unpaired) electrons. The van der Waals surface area contributed by atoms with Crippen LogP contribution >= 0.6 is 0 Å². The summed E-state index contributed by atoms with van der Waals surface area (Å²) in [6, 6.07) is 22.4. The Kier molecular flexibility index (Phi) is 7.75. The van der Waals surface area contributed by atoms with E-state index in [0.29, 0.717) is 33.6 Å².